The number of benzene rings is 1. The van der Waals surface area contributed by atoms with Crippen molar-refractivity contribution in [3.05, 3.63) is 23.8 Å². The maximum Gasteiger partial charge on any atom is 0.341 e. The molecule has 0 saturated carbocycles. The van der Waals surface area contributed by atoms with E-state index in [1.807, 2.05) is 0 Å². The Balaban J connectivity index is 3.18. The van der Waals surface area contributed by atoms with Crippen LogP contribution in [0.1, 0.15) is 30.6 Å². The quantitative estimate of drug-likeness (QED) is 0.671. The van der Waals surface area contributed by atoms with Gasteiger partial charge in [-0.1, -0.05) is 13.8 Å². The number of sulfonamides is 1. The molecule has 0 fully saturated rings. The highest BCUT2D eigenvalue weighted by Crippen LogP contribution is 2.24. The molecule has 0 unspecified atom stereocenters. The molecular weight excluding hydrogens is 338 g/mol. The molecule has 0 bridgehead atoms. The second kappa shape index (κ2) is 8.11. The molecular formula is C15H21NO7S. The molecule has 0 radical (unpaired) electrons. The third-order valence-electron chi connectivity index (χ3n) is 3.19. The lowest BCUT2D eigenvalue weighted by molar-refractivity contribution is -0.139. The number of carbonyl (C=O) groups is 2. The maximum absolute atomic E-state index is 12.4. The largest absolute Gasteiger partial charge is 0.496 e. The molecule has 1 aromatic rings. The Morgan fingerprint density at radius 3 is 2.33 bits per heavy atom. The molecule has 0 saturated heterocycles. The maximum atomic E-state index is 12.4. The van der Waals surface area contributed by atoms with Crippen molar-refractivity contribution in [3.63, 3.8) is 0 Å². The summed E-state index contributed by atoms with van der Waals surface area (Å²) in [7, 11) is -1.62. The first-order chi connectivity index (χ1) is 11.1. The molecule has 2 N–H and O–H groups in total. The average molecular weight is 359 g/mol. The minimum absolute atomic E-state index is 0.00923. The van der Waals surface area contributed by atoms with Crippen LogP contribution in [-0.4, -0.2) is 45.7 Å². The SMILES string of the molecule is COC(=O)c1ccc(S(=O)(=O)N[C@@H](CC(C)C)C(=O)O)cc1OC. The number of ether oxygens (including phenoxy) is 2. The molecule has 134 valence electrons. The van der Waals surface area contributed by atoms with E-state index < -0.39 is 28.0 Å². The number of carboxylic acids is 1. The van der Waals surface area contributed by atoms with E-state index >= 15 is 0 Å². The standard InChI is InChI=1S/C15H21NO7S/c1-9(2)7-12(14(17)18)16-24(20,21)10-5-6-11(15(19)23-4)13(8-10)22-3/h5-6,8-9,12,16H,7H2,1-4H3,(H,17,18)/t12-/m0/s1. The summed E-state index contributed by atoms with van der Waals surface area (Å²) in [5, 5.41) is 9.17. The summed E-state index contributed by atoms with van der Waals surface area (Å²) in [6.07, 6.45) is 0.145. The molecule has 1 atom stereocenters. The lowest BCUT2D eigenvalue weighted by atomic mass is 10.1. The summed E-state index contributed by atoms with van der Waals surface area (Å²) in [6.45, 7) is 3.58. The van der Waals surface area contributed by atoms with Gasteiger partial charge in [-0.15, -0.1) is 0 Å². The van der Waals surface area contributed by atoms with E-state index in [2.05, 4.69) is 9.46 Å². The summed E-state index contributed by atoms with van der Waals surface area (Å²) in [5.74, 6) is -1.93. The van der Waals surface area contributed by atoms with Crippen LogP contribution in [0.5, 0.6) is 5.75 Å². The van der Waals surface area contributed by atoms with Crippen molar-refractivity contribution in [2.24, 2.45) is 5.92 Å². The molecule has 24 heavy (non-hydrogen) atoms. The summed E-state index contributed by atoms with van der Waals surface area (Å²) in [5.41, 5.74) is 0.0657. The van der Waals surface area contributed by atoms with Crippen molar-refractivity contribution >= 4 is 22.0 Å². The van der Waals surface area contributed by atoms with Crippen molar-refractivity contribution < 1.29 is 32.6 Å². The highest BCUT2D eigenvalue weighted by molar-refractivity contribution is 7.89. The zero-order valence-corrected chi connectivity index (χ0v) is 14.7. The highest BCUT2D eigenvalue weighted by atomic mass is 32.2. The normalized spacial score (nSPS) is 12.7. The Bertz CT molecular complexity index is 713. The van der Waals surface area contributed by atoms with Gasteiger partial charge in [-0.25, -0.2) is 13.2 Å². The van der Waals surface area contributed by atoms with Gasteiger partial charge >= 0.3 is 11.9 Å². The van der Waals surface area contributed by atoms with Crippen LogP contribution >= 0.6 is 0 Å². The molecule has 9 heteroatoms. The molecule has 1 rings (SSSR count). The Morgan fingerprint density at radius 2 is 1.88 bits per heavy atom. The molecule has 8 nitrogen and oxygen atoms in total. The number of carboxylic acid groups (broad SMARTS) is 1. The smallest absolute Gasteiger partial charge is 0.341 e. The fourth-order valence-electron chi connectivity index (χ4n) is 2.04. The molecule has 0 aromatic heterocycles. The van der Waals surface area contributed by atoms with Gasteiger partial charge in [0.1, 0.15) is 17.4 Å². The number of aliphatic carboxylic acids is 1. The lowest BCUT2D eigenvalue weighted by Crippen LogP contribution is -2.41. The van der Waals surface area contributed by atoms with Gasteiger partial charge in [0.05, 0.1) is 19.1 Å². The number of carbonyl (C=O) groups excluding carboxylic acids is 1. The summed E-state index contributed by atoms with van der Waals surface area (Å²) < 4.78 is 36.6. The van der Waals surface area contributed by atoms with Gasteiger partial charge in [-0.2, -0.15) is 4.72 Å². The third-order valence-corrected chi connectivity index (χ3v) is 4.66. The van der Waals surface area contributed by atoms with Crippen LogP contribution in [0.25, 0.3) is 0 Å². The molecule has 0 aliphatic carbocycles. The fraction of sp³-hybridized carbons (Fsp3) is 0.467. The van der Waals surface area contributed by atoms with E-state index in [1.54, 1.807) is 13.8 Å². The van der Waals surface area contributed by atoms with Crippen molar-refractivity contribution in [1.29, 1.82) is 0 Å². The van der Waals surface area contributed by atoms with Crippen LogP contribution in [0.3, 0.4) is 0 Å². The van der Waals surface area contributed by atoms with Crippen LogP contribution in [0.4, 0.5) is 0 Å². The third kappa shape index (κ3) is 4.93. The highest BCUT2D eigenvalue weighted by Gasteiger charge is 2.27. The summed E-state index contributed by atoms with van der Waals surface area (Å²) in [6, 6.07) is 2.33. The van der Waals surface area contributed by atoms with Crippen molar-refractivity contribution in [2.45, 2.75) is 31.2 Å². The fourth-order valence-corrected chi connectivity index (χ4v) is 3.26. The van der Waals surface area contributed by atoms with Gasteiger partial charge in [-0.3, -0.25) is 4.79 Å². The van der Waals surface area contributed by atoms with Crippen molar-refractivity contribution in [2.75, 3.05) is 14.2 Å². The van der Waals surface area contributed by atoms with Crippen LogP contribution in [0.2, 0.25) is 0 Å². The predicted molar refractivity (Wildman–Crippen MR) is 85.5 cm³/mol. The first-order valence-electron chi connectivity index (χ1n) is 7.13. The second-order valence-electron chi connectivity index (χ2n) is 5.50. The van der Waals surface area contributed by atoms with Crippen molar-refractivity contribution in [1.82, 2.24) is 4.72 Å². The molecule has 0 spiro atoms. The molecule has 0 heterocycles. The molecule has 0 aliphatic heterocycles. The predicted octanol–water partition coefficient (Wildman–Crippen LogP) is 1.26. The number of hydrogen-bond donors (Lipinski definition) is 2. The Kier molecular flexibility index (Phi) is 6.73. The van der Waals surface area contributed by atoms with E-state index in [-0.39, 0.29) is 28.5 Å². The van der Waals surface area contributed by atoms with E-state index in [9.17, 15) is 18.0 Å². The molecule has 0 amide bonds. The van der Waals surface area contributed by atoms with Gasteiger partial charge in [-0.05, 0) is 24.5 Å². The topological polar surface area (TPSA) is 119 Å². The number of hydrogen-bond acceptors (Lipinski definition) is 6. The first kappa shape index (κ1) is 19.9. The first-order valence-corrected chi connectivity index (χ1v) is 8.62. The Hall–Kier alpha value is -2.13. The number of rotatable bonds is 8. The van der Waals surface area contributed by atoms with Gasteiger partial charge in [0.2, 0.25) is 10.0 Å². The lowest BCUT2D eigenvalue weighted by Gasteiger charge is -2.17. The van der Waals surface area contributed by atoms with Crippen LogP contribution in [0, 0.1) is 5.92 Å². The summed E-state index contributed by atoms with van der Waals surface area (Å²) in [4.78, 5) is 22.6. The van der Waals surface area contributed by atoms with Crippen molar-refractivity contribution in [3.8, 4) is 5.75 Å². The van der Waals surface area contributed by atoms with Gasteiger partial charge in [0.25, 0.3) is 0 Å². The van der Waals surface area contributed by atoms with Crippen LogP contribution in [-0.2, 0) is 19.6 Å². The monoisotopic (exact) mass is 359 g/mol. The van der Waals surface area contributed by atoms with E-state index in [4.69, 9.17) is 9.84 Å². The Labute approximate surface area is 140 Å². The molecule has 1 aromatic carbocycles. The minimum atomic E-state index is -4.09. The van der Waals surface area contributed by atoms with Gasteiger partial charge in [0.15, 0.2) is 0 Å². The van der Waals surface area contributed by atoms with E-state index in [0.29, 0.717) is 0 Å². The van der Waals surface area contributed by atoms with Gasteiger partial charge in [0, 0.05) is 6.07 Å². The molecule has 0 aliphatic rings. The number of esters is 1. The average Bonchev–Trinajstić information content (AvgIpc) is 2.52. The second-order valence-corrected chi connectivity index (χ2v) is 7.21. The Morgan fingerprint density at radius 1 is 1.25 bits per heavy atom. The van der Waals surface area contributed by atoms with E-state index in [1.165, 1.54) is 26.4 Å². The van der Waals surface area contributed by atoms with Crippen LogP contribution < -0.4 is 9.46 Å². The zero-order valence-electron chi connectivity index (χ0n) is 13.9. The zero-order chi connectivity index (χ0) is 18.5. The number of nitrogens with one attached hydrogen (secondary N) is 1. The van der Waals surface area contributed by atoms with E-state index in [0.717, 1.165) is 6.07 Å². The van der Waals surface area contributed by atoms with Crippen LogP contribution in [0.15, 0.2) is 23.1 Å². The van der Waals surface area contributed by atoms with Gasteiger partial charge < -0.3 is 14.6 Å². The summed E-state index contributed by atoms with van der Waals surface area (Å²) >= 11 is 0. The number of methoxy groups -OCH3 is 2. The minimum Gasteiger partial charge on any atom is -0.496 e.